The molecule has 14 heteroatoms. The van der Waals surface area contributed by atoms with E-state index in [2.05, 4.69) is 0 Å². The number of phenolic OH excluding ortho intramolecular Hbond substituents is 3. The van der Waals surface area contributed by atoms with E-state index in [-0.39, 0.29) is 11.5 Å². The highest BCUT2D eigenvalue weighted by Gasteiger charge is 2.48. The Morgan fingerprint density at radius 2 is 1.43 bits per heavy atom. The minimum Gasteiger partial charge on any atom is -0.508 e. The van der Waals surface area contributed by atoms with Crippen molar-refractivity contribution in [3.8, 4) is 28.6 Å². The molecular formula is C26H28O14. The van der Waals surface area contributed by atoms with Gasteiger partial charge >= 0.3 is 0 Å². The first kappa shape index (κ1) is 28.2. The molecule has 0 unspecified atom stereocenters. The highest BCUT2D eigenvalue weighted by molar-refractivity contribution is 5.92. The van der Waals surface area contributed by atoms with Crippen molar-refractivity contribution in [2.75, 3.05) is 13.2 Å². The average Bonchev–Trinajstić information content (AvgIpc) is 2.92. The molecule has 3 aromatic rings. The van der Waals surface area contributed by atoms with Gasteiger partial charge in [0.05, 0.1) is 24.3 Å². The number of aromatic hydroxyl groups is 3. The molecule has 216 valence electrons. The second kappa shape index (κ2) is 10.6. The molecule has 0 amide bonds. The van der Waals surface area contributed by atoms with E-state index in [1.165, 1.54) is 24.3 Å². The zero-order chi connectivity index (χ0) is 29.0. The van der Waals surface area contributed by atoms with Gasteiger partial charge in [0.1, 0.15) is 83.3 Å². The summed E-state index contributed by atoms with van der Waals surface area (Å²) < 4.78 is 16.9. The van der Waals surface area contributed by atoms with Crippen molar-refractivity contribution in [1.29, 1.82) is 0 Å². The summed E-state index contributed by atoms with van der Waals surface area (Å²) in [5, 5.41) is 104. The SMILES string of the molecule is O=c1cc(-c2ccc(O)cc2)oc2c([C@H]3O[C@H](CO)[C@@H](O)[C@@H](O)[C@H]3O)c(O)c([C@H]3OC[C@H](O)[C@H](O)[C@@H]3O)c(O)c12. The van der Waals surface area contributed by atoms with Crippen LogP contribution in [0.4, 0.5) is 0 Å². The standard InChI is InChI=1S/C26H28O14/c27-6-13-18(32)21(35)23(37)26(40-13)16-20(34)15(25-22(36)17(31)11(30)7-38-25)19(33)14-10(29)5-12(39-24(14)16)8-1-3-9(28)4-2-8/h1-5,11,13,17-18,21-23,25-28,30-37H,6-7H2/t11-,13+,17-,18+,21+,22-,23+,25+,26+/m0/s1. The zero-order valence-corrected chi connectivity index (χ0v) is 20.6. The Balaban J connectivity index is 1.81. The molecule has 1 aromatic heterocycles. The van der Waals surface area contributed by atoms with E-state index in [4.69, 9.17) is 13.9 Å². The van der Waals surface area contributed by atoms with E-state index < -0.39 is 107 Å². The summed E-state index contributed by atoms with van der Waals surface area (Å²) in [5.41, 5.74) is -2.19. The van der Waals surface area contributed by atoms with Crippen molar-refractivity contribution in [3.63, 3.8) is 0 Å². The molecule has 2 fully saturated rings. The highest BCUT2D eigenvalue weighted by Crippen LogP contribution is 2.50. The quantitative estimate of drug-likeness (QED) is 0.169. The largest absolute Gasteiger partial charge is 0.508 e. The first-order chi connectivity index (χ1) is 19.0. The number of aliphatic hydroxyl groups excluding tert-OH is 7. The summed E-state index contributed by atoms with van der Waals surface area (Å²) in [6, 6.07) is 6.47. The van der Waals surface area contributed by atoms with Gasteiger partial charge in [-0.2, -0.15) is 0 Å². The fourth-order valence-corrected chi connectivity index (χ4v) is 5.11. The van der Waals surface area contributed by atoms with Gasteiger partial charge in [0.25, 0.3) is 0 Å². The third-order valence-electron chi connectivity index (χ3n) is 7.31. The Labute approximate surface area is 224 Å². The summed E-state index contributed by atoms with van der Waals surface area (Å²) in [5.74, 6) is -2.00. The van der Waals surface area contributed by atoms with E-state index in [1.54, 1.807) is 0 Å². The Morgan fingerprint density at radius 3 is 2.08 bits per heavy atom. The number of ether oxygens (including phenoxy) is 2. The molecule has 2 aromatic carbocycles. The number of benzene rings is 2. The maximum Gasteiger partial charge on any atom is 0.197 e. The van der Waals surface area contributed by atoms with E-state index >= 15 is 0 Å². The Morgan fingerprint density at radius 1 is 0.775 bits per heavy atom. The first-order valence-corrected chi connectivity index (χ1v) is 12.3. The molecular weight excluding hydrogens is 536 g/mol. The fourth-order valence-electron chi connectivity index (χ4n) is 5.11. The molecule has 2 saturated heterocycles. The summed E-state index contributed by atoms with van der Waals surface area (Å²) in [6.07, 6.45) is -15.7. The predicted octanol–water partition coefficient (Wildman–Crippen LogP) is -1.75. The molecule has 3 heterocycles. The van der Waals surface area contributed by atoms with Gasteiger partial charge in [-0.25, -0.2) is 0 Å². The lowest BCUT2D eigenvalue weighted by molar-refractivity contribution is -0.231. The predicted molar refractivity (Wildman–Crippen MR) is 132 cm³/mol. The maximum absolute atomic E-state index is 13.4. The van der Waals surface area contributed by atoms with Gasteiger partial charge in [-0.1, -0.05) is 0 Å². The zero-order valence-electron chi connectivity index (χ0n) is 20.6. The van der Waals surface area contributed by atoms with Gasteiger partial charge in [0.15, 0.2) is 11.0 Å². The number of rotatable bonds is 4. The fraction of sp³-hybridized carbons (Fsp3) is 0.423. The van der Waals surface area contributed by atoms with Crippen LogP contribution in [-0.4, -0.2) is 107 Å². The normalized spacial score (nSPS) is 32.8. The molecule has 0 saturated carbocycles. The number of phenols is 3. The summed E-state index contributed by atoms with van der Waals surface area (Å²) in [4.78, 5) is 13.4. The van der Waals surface area contributed by atoms with Crippen molar-refractivity contribution in [2.24, 2.45) is 0 Å². The Bertz CT molecular complexity index is 1450. The highest BCUT2D eigenvalue weighted by atomic mass is 16.5. The third-order valence-corrected chi connectivity index (χ3v) is 7.31. The van der Waals surface area contributed by atoms with Gasteiger partial charge in [0.2, 0.25) is 0 Å². The molecule has 10 N–H and O–H groups in total. The van der Waals surface area contributed by atoms with Crippen LogP contribution in [-0.2, 0) is 9.47 Å². The van der Waals surface area contributed by atoms with Crippen LogP contribution in [0.2, 0.25) is 0 Å². The van der Waals surface area contributed by atoms with Crippen LogP contribution in [0, 0.1) is 0 Å². The third kappa shape index (κ3) is 4.49. The van der Waals surface area contributed by atoms with Crippen molar-refractivity contribution in [1.82, 2.24) is 0 Å². The summed E-state index contributed by atoms with van der Waals surface area (Å²) in [7, 11) is 0. The van der Waals surface area contributed by atoms with Crippen molar-refractivity contribution in [3.05, 3.63) is 51.7 Å². The topological polar surface area (TPSA) is 251 Å². The minimum atomic E-state index is -1.96. The van der Waals surface area contributed by atoms with E-state index in [0.29, 0.717) is 5.56 Å². The van der Waals surface area contributed by atoms with Crippen LogP contribution < -0.4 is 5.43 Å². The van der Waals surface area contributed by atoms with Gasteiger partial charge < -0.3 is 65.0 Å². The second-order valence-corrected chi connectivity index (χ2v) is 9.80. The van der Waals surface area contributed by atoms with Crippen molar-refractivity contribution >= 4 is 11.0 Å². The minimum absolute atomic E-state index is 0.0767. The molecule has 2 aliphatic heterocycles. The van der Waals surface area contributed by atoms with Crippen LogP contribution in [0.25, 0.3) is 22.3 Å². The van der Waals surface area contributed by atoms with Gasteiger partial charge in [0, 0.05) is 11.6 Å². The monoisotopic (exact) mass is 564 g/mol. The van der Waals surface area contributed by atoms with E-state index in [1.807, 2.05) is 0 Å². The Hall–Kier alpha value is -3.31. The molecule has 2 aliphatic rings. The summed E-state index contributed by atoms with van der Waals surface area (Å²) >= 11 is 0. The molecule has 14 nitrogen and oxygen atoms in total. The van der Waals surface area contributed by atoms with Gasteiger partial charge in [-0.15, -0.1) is 0 Å². The number of hydrogen-bond acceptors (Lipinski definition) is 14. The second-order valence-electron chi connectivity index (χ2n) is 9.80. The number of fused-ring (bicyclic) bond motifs is 1. The molecule has 5 rings (SSSR count). The Kier molecular flexibility index (Phi) is 7.47. The lowest BCUT2D eigenvalue weighted by atomic mass is 9.85. The van der Waals surface area contributed by atoms with E-state index in [9.17, 15) is 55.9 Å². The molecule has 0 spiro atoms. The average molecular weight is 564 g/mol. The van der Waals surface area contributed by atoms with E-state index in [0.717, 1.165) is 6.07 Å². The van der Waals surface area contributed by atoms with Crippen LogP contribution in [0.3, 0.4) is 0 Å². The molecule has 0 radical (unpaired) electrons. The maximum atomic E-state index is 13.4. The van der Waals surface area contributed by atoms with Gasteiger partial charge in [-0.3, -0.25) is 4.79 Å². The molecule has 40 heavy (non-hydrogen) atoms. The molecule has 9 atom stereocenters. The smallest absolute Gasteiger partial charge is 0.197 e. The first-order valence-electron chi connectivity index (χ1n) is 12.3. The summed E-state index contributed by atoms with van der Waals surface area (Å²) in [6.45, 7) is -1.34. The van der Waals surface area contributed by atoms with Crippen LogP contribution in [0.15, 0.2) is 39.5 Å². The van der Waals surface area contributed by atoms with Crippen molar-refractivity contribution < 1.29 is 65.0 Å². The number of hydrogen-bond donors (Lipinski definition) is 10. The van der Waals surface area contributed by atoms with Crippen LogP contribution >= 0.6 is 0 Å². The van der Waals surface area contributed by atoms with Crippen LogP contribution in [0.1, 0.15) is 23.3 Å². The lowest BCUT2D eigenvalue weighted by Gasteiger charge is -2.41. The van der Waals surface area contributed by atoms with Crippen LogP contribution in [0.5, 0.6) is 17.2 Å². The number of aliphatic hydroxyl groups is 7. The van der Waals surface area contributed by atoms with Gasteiger partial charge in [-0.05, 0) is 24.3 Å². The molecule has 0 bridgehead atoms. The lowest BCUT2D eigenvalue weighted by Crippen LogP contribution is -2.55. The van der Waals surface area contributed by atoms with Crippen molar-refractivity contribution in [2.45, 2.75) is 54.9 Å². The molecule has 0 aliphatic carbocycles.